The molecule has 0 saturated carbocycles. The van der Waals surface area contributed by atoms with E-state index in [1.54, 1.807) is 0 Å². The number of nitrogens with zero attached hydrogens (tertiary/aromatic N) is 1. The number of carbonyl (C=O) groups is 1. The van der Waals surface area contributed by atoms with Gasteiger partial charge in [0, 0.05) is 6.61 Å². The van der Waals surface area contributed by atoms with Crippen molar-refractivity contribution in [3.8, 4) is 0 Å². The summed E-state index contributed by atoms with van der Waals surface area (Å²) in [6, 6.07) is 0. The van der Waals surface area contributed by atoms with E-state index < -0.39 is 0 Å². The second-order valence-electron chi connectivity index (χ2n) is 2.82. The molecule has 0 radical (unpaired) electrons. The third-order valence-electron chi connectivity index (χ3n) is 2.00. The highest BCUT2D eigenvalue weighted by molar-refractivity contribution is 5.76. The van der Waals surface area contributed by atoms with Crippen LogP contribution in [-0.4, -0.2) is 36.8 Å². The Morgan fingerprint density at radius 1 is 1.55 bits per heavy atom. The highest BCUT2D eigenvalue weighted by Gasteiger charge is 2.28. The van der Waals surface area contributed by atoms with Gasteiger partial charge in [-0.1, -0.05) is 0 Å². The Balaban J connectivity index is 1.80. The zero-order valence-corrected chi connectivity index (χ0v) is 6.28. The molecule has 0 aliphatic carbocycles. The Morgan fingerprint density at radius 2 is 2.36 bits per heavy atom. The molecule has 2 saturated heterocycles. The molecule has 0 spiro atoms. The van der Waals surface area contributed by atoms with Crippen LogP contribution in [0.5, 0.6) is 0 Å². The summed E-state index contributed by atoms with van der Waals surface area (Å²) in [5.41, 5.74) is 0. The number of carbonyl (C=O) groups excluding carboxylic acids is 1. The monoisotopic (exact) mass is 157 g/mol. The fourth-order valence-electron chi connectivity index (χ4n) is 1.21. The third-order valence-corrected chi connectivity index (χ3v) is 2.00. The van der Waals surface area contributed by atoms with Crippen LogP contribution in [-0.2, 0) is 14.4 Å². The first kappa shape index (κ1) is 7.06. The highest BCUT2D eigenvalue weighted by atomic mass is 16.7. The predicted octanol–water partition coefficient (Wildman–Crippen LogP) is -0.0608. The molecule has 2 rings (SSSR count). The molecule has 0 N–H and O–H groups in total. The van der Waals surface area contributed by atoms with E-state index >= 15 is 0 Å². The summed E-state index contributed by atoms with van der Waals surface area (Å²) in [4.78, 5) is 16.1. The van der Waals surface area contributed by atoms with Crippen molar-refractivity contribution < 1.29 is 14.4 Å². The van der Waals surface area contributed by atoms with E-state index in [0.29, 0.717) is 19.6 Å². The molecule has 2 fully saturated rings. The number of amides is 1. The molecule has 62 valence electrons. The molecule has 4 heteroatoms. The van der Waals surface area contributed by atoms with Crippen molar-refractivity contribution in [1.82, 2.24) is 5.06 Å². The minimum Gasteiger partial charge on any atom is -0.376 e. The quantitative estimate of drug-likeness (QED) is 0.563. The van der Waals surface area contributed by atoms with Crippen LogP contribution in [0.3, 0.4) is 0 Å². The molecule has 11 heavy (non-hydrogen) atoms. The van der Waals surface area contributed by atoms with Gasteiger partial charge in [-0.2, -0.15) is 0 Å². The minimum atomic E-state index is 0.0838. The van der Waals surface area contributed by atoms with E-state index in [2.05, 4.69) is 0 Å². The Labute approximate surface area is 65.0 Å². The average molecular weight is 157 g/mol. The summed E-state index contributed by atoms with van der Waals surface area (Å²) < 4.78 is 5.17. The molecular weight excluding hydrogens is 146 g/mol. The zero-order valence-electron chi connectivity index (χ0n) is 6.28. The Morgan fingerprint density at radius 3 is 2.82 bits per heavy atom. The van der Waals surface area contributed by atoms with Crippen molar-refractivity contribution in [3.63, 3.8) is 0 Å². The summed E-state index contributed by atoms with van der Waals surface area (Å²) in [5.74, 6) is 0.0838. The zero-order chi connectivity index (χ0) is 7.68. The van der Waals surface area contributed by atoms with Crippen molar-refractivity contribution in [2.24, 2.45) is 0 Å². The lowest BCUT2D eigenvalue weighted by Crippen LogP contribution is -2.39. The smallest absolute Gasteiger partial charge is 0.248 e. The summed E-state index contributed by atoms with van der Waals surface area (Å²) in [7, 11) is 0. The summed E-state index contributed by atoms with van der Waals surface area (Å²) in [6.45, 7) is 1.97. The van der Waals surface area contributed by atoms with Crippen molar-refractivity contribution >= 4 is 5.91 Å². The maximum atomic E-state index is 11.0. The van der Waals surface area contributed by atoms with Crippen LogP contribution in [0, 0.1) is 0 Å². The van der Waals surface area contributed by atoms with E-state index in [0.717, 1.165) is 13.0 Å². The lowest BCUT2D eigenvalue weighted by atomic mass is 10.2. The van der Waals surface area contributed by atoms with Gasteiger partial charge in [0.25, 0.3) is 0 Å². The second-order valence-corrected chi connectivity index (χ2v) is 2.82. The number of ether oxygens (including phenoxy) is 1. The fraction of sp³-hybridized carbons (Fsp3) is 0.857. The van der Waals surface area contributed by atoms with Crippen molar-refractivity contribution in [1.29, 1.82) is 0 Å². The molecular formula is C7H11NO3. The maximum Gasteiger partial charge on any atom is 0.248 e. The van der Waals surface area contributed by atoms with Crippen LogP contribution in [0.1, 0.15) is 12.8 Å². The van der Waals surface area contributed by atoms with Gasteiger partial charge < -0.3 is 4.74 Å². The fourth-order valence-corrected chi connectivity index (χ4v) is 1.21. The minimum absolute atomic E-state index is 0.0838. The standard InChI is InChI=1S/C7H11NO3/c9-7-2-4-11-8(7)5-6-1-3-10-6/h6H,1-5H2. The molecule has 0 aromatic carbocycles. The molecule has 1 amide bonds. The molecule has 2 heterocycles. The van der Waals surface area contributed by atoms with Gasteiger partial charge >= 0.3 is 0 Å². The Hall–Kier alpha value is -0.610. The average Bonchev–Trinajstić information content (AvgIpc) is 2.27. The third kappa shape index (κ3) is 1.36. The molecule has 2 aliphatic heterocycles. The van der Waals surface area contributed by atoms with Gasteiger partial charge in [0.15, 0.2) is 0 Å². The molecule has 0 aromatic rings. The van der Waals surface area contributed by atoms with E-state index in [1.807, 2.05) is 0 Å². The molecule has 0 bridgehead atoms. The largest absolute Gasteiger partial charge is 0.376 e. The van der Waals surface area contributed by atoms with Gasteiger partial charge in [0.2, 0.25) is 5.91 Å². The number of hydrogen-bond acceptors (Lipinski definition) is 3. The van der Waals surface area contributed by atoms with Gasteiger partial charge in [-0.15, -0.1) is 0 Å². The number of hydrogen-bond donors (Lipinski definition) is 0. The van der Waals surface area contributed by atoms with Gasteiger partial charge in [-0.3, -0.25) is 9.63 Å². The van der Waals surface area contributed by atoms with E-state index in [4.69, 9.17) is 9.57 Å². The Kier molecular flexibility index (Phi) is 1.79. The van der Waals surface area contributed by atoms with Crippen molar-refractivity contribution in [2.45, 2.75) is 18.9 Å². The molecule has 4 nitrogen and oxygen atoms in total. The van der Waals surface area contributed by atoms with E-state index in [-0.39, 0.29) is 12.0 Å². The SMILES string of the molecule is O=C1CCON1CC1CCO1. The normalized spacial score (nSPS) is 30.7. The molecule has 0 aromatic heterocycles. The predicted molar refractivity (Wildman–Crippen MR) is 36.6 cm³/mol. The first-order valence-corrected chi connectivity index (χ1v) is 3.91. The first-order valence-electron chi connectivity index (χ1n) is 3.91. The molecule has 1 unspecified atom stereocenters. The highest BCUT2D eigenvalue weighted by Crippen LogP contribution is 2.15. The summed E-state index contributed by atoms with van der Waals surface area (Å²) in [6.07, 6.45) is 1.79. The van der Waals surface area contributed by atoms with Gasteiger partial charge in [0.1, 0.15) is 0 Å². The van der Waals surface area contributed by atoms with Crippen LogP contribution >= 0.6 is 0 Å². The van der Waals surface area contributed by atoms with Crippen molar-refractivity contribution in [3.05, 3.63) is 0 Å². The summed E-state index contributed by atoms with van der Waals surface area (Å²) in [5, 5.41) is 1.42. The van der Waals surface area contributed by atoms with Gasteiger partial charge in [-0.25, -0.2) is 5.06 Å². The summed E-state index contributed by atoms with van der Waals surface area (Å²) >= 11 is 0. The van der Waals surface area contributed by atoms with Gasteiger partial charge in [0.05, 0.1) is 25.7 Å². The Bertz CT molecular complexity index is 167. The number of hydroxylamine groups is 2. The maximum absolute atomic E-state index is 11.0. The molecule has 2 aliphatic rings. The van der Waals surface area contributed by atoms with Crippen LogP contribution in [0.25, 0.3) is 0 Å². The molecule has 1 atom stereocenters. The lowest BCUT2D eigenvalue weighted by Gasteiger charge is -2.29. The van der Waals surface area contributed by atoms with Crippen LogP contribution in [0.2, 0.25) is 0 Å². The van der Waals surface area contributed by atoms with Gasteiger partial charge in [-0.05, 0) is 6.42 Å². The number of rotatable bonds is 2. The van der Waals surface area contributed by atoms with Crippen molar-refractivity contribution in [2.75, 3.05) is 19.8 Å². The topological polar surface area (TPSA) is 38.8 Å². The van der Waals surface area contributed by atoms with Crippen LogP contribution in [0.4, 0.5) is 0 Å². The lowest BCUT2D eigenvalue weighted by molar-refractivity contribution is -0.180. The second kappa shape index (κ2) is 2.79. The van der Waals surface area contributed by atoms with E-state index in [1.165, 1.54) is 5.06 Å². The van der Waals surface area contributed by atoms with E-state index in [9.17, 15) is 4.79 Å². The van der Waals surface area contributed by atoms with Crippen LogP contribution in [0.15, 0.2) is 0 Å². The first-order chi connectivity index (χ1) is 5.36. The van der Waals surface area contributed by atoms with Crippen LogP contribution < -0.4 is 0 Å².